The maximum Gasteiger partial charge on any atom is 0.191 e. The van der Waals surface area contributed by atoms with Crippen molar-refractivity contribution < 1.29 is 4.74 Å². The number of hydrogen-bond donors (Lipinski definition) is 2. The van der Waals surface area contributed by atoms with Crippen LogP contribution >= 0.6 is 39.9 Å². The Morgan fingerprint density at radius 3 is 2.38 bits per heavy atom. The Morgan fingerprint density at radius 2 is 1.86 bits per heavy atom. The molecule has 0 aromatic heterocycles. The third-order valence-corrected chi connectivity index (χ3v) is 3.44. The number of nitrogens with zero attached hydrogens (tertiary/aromatic N) is 1. The maximum atomic E-state index is 5.39. The van der Waals surface area contributed by atoms with Crippen LogP contribution in [0.4, 0.5) is 0 Å². The van der Waals surface area contributed by atoms with Crippen LogP contribution in [0.15, 0.2) is 33.7 Å². The van der Waals surface area contributed by atoms with Crippen LogP contribution in [0.3, 0.4) is 0 Å². The SMILES string of the molecule is CCNC(=NCc1ccc(Br)cc1)NCC(C)(C)OC.I. The zero-order valence-corrected chi connectivity index (χ0v) is 17.0. The van der Waals surface area contributed by atoms with Crippen molar-refractivity contribution in [2.45, 2.75) is 32.9 Å². The van der Waals surface area contributed by atoms with Crippen molar-refractivity contribution in [1.82, 2.24) is 10.6 Å². The molecule has 120 valence electrons. The summed E-state index contributed by atoms with van der Waals surface area (Å²) >= 11 is 3.43. The lowest BCUT2D eigenvalue weighted by Crippen LogP contribution is -2.45. The minimum absolute atomic E-state index is 0. The molecule has 0 fully saturated rings. The van der Waals surface area contributed by atoms with Gasteiger partial charge in [-0.2, -0.15) is 0 Å². The molecule has 0 amide bonds. The Kier molecular flexibility index (Phi) is 10.2. The number of aliphatic imine (C=N–C) groups is 1. The molecular weight excluding hydrogens is 445 g/mol. The van der Waals surface area contributed by atoms with E-state index in [9.17, 15) is 0 Å². The molecule has 0 saturated heterocycles. The first-order valence-corrected chi connectivity index (χ1v) is 7.58. The van der Waals surface area contributed by atoms with Crippen molar-refractivity contribution in [3.63, 3.8) is 0 Å². The lowest BCUT2D eigenvalue weighted by Gasteiger charge is -2.24. The van der Waals surface area contributed by atoms with Gasteiger partial charge < -0.3 is 15.4 Å². The van der Waals surface area contributed by atoms with E-state index in [4.69, 9.17) is 4.74 Å². The molecule has 0 aliphatic rings. The molecule has 1 aromatic rings. The van der Waals surface area contributed by atoms with Crippen molar-refractivity contribution in [2.75, 3.05) is 20.2 Å². The molecule has 0 unspecified atom stereocenters. The molecule has 0 radical (unpaired) electrons. The second-order valence-corrected chi connectivity index (χ2v) is 6.05. The Labute approximate surface area is 153 Å². The third kappa shape index (κ3) is 8.63. The van der Waals surface area contributed by atoms with Gasteiger partial charge in [0.1, 0.15) is 0 Å². The van der Waals surface area contributed by atoms with Crippen molar-refractivity contribution in [3.05, 3.63) is 34.3 Å². The van der Waals surface area contributed by atoms with Crippen molar-refractivity contribution >= 4 is 45.9 Å². The average Bonchev–Trinajstić information content (AvgIpc) is 2.44. The van der Waals surface area contributed by atoms with E-state index in [1.165, 1.54) is 5.56 Å². The van der Waals surface area contributed by atoms with Crippen LogP contribution in [0.2, 0.25) is 0 Å². The highest BCUT2D eigenvalue weighted by molar-refractivity contribution is 14.0. The molecule has 0 bridgehead atoms. The summed E-state index contributed by atoms with van der Waals surface area (Å²) < 4.78 is 6.47. The predicted molar refractivity (Wildman–Crippen MR) is 103 cm³/mol. The van der Waals surface area contributed by atoms with E-state index in [0.29, 0.717) is 13.1 Å². The fraction of sp³-hybridized carbons (Fsp3) is 0.533. The molecule has 0 aliphatic heterocycles. The smallest absolute Gasteiger partial charge is 0.191 e. The summed E-state index contributed by atoms with van der Waals surface area (Å²) in [5.41, 5.74) is 0.963. The highest BCUT2D eigenvalue weighted by atomic mass is 127. The molecule has 0 heterocycles. The lowest BCUT2D eigenvalue weighted by molar-refractivity contribution is 0.0268. The highest BCUT2D eigenvalue weighted by Crippen LogP contribution is 2.11. The zero-order valence-electron chi connectivity index (χ0n) is 13.1. The summed E-state index contributed by atoms with van der Waals surface area (Å²) in [6, 6.07) is 8.19. The van der Waals surface area contributed by atoms with E-state index in [0.717, 1.165) is 17.0 Å². The van der Waals surface area contributed by atoms with E-state index in [2.05, 4.69) is 50.6 Å². The molecule has 0 atom stereocenters. The number of nitrogens with one attached hydrogen (secondary N) is 2. The first kappa shape index (κ1) is 20.7. The number of ether oxygens (including phenoxy) is 1. The molecule has 1 rings (SSSR count). The van der Waals surface area contributed by atoms with Crippen molar-refractivity contribution in [1.29, 1.82) is 0 Å². The van der Waals surface area contributed by atoms with Gasteiger partial charge in [-0.25, -0.2) is 4.99 Å². The molecule has 0 spiro atoms. The van der Waals surface area contributed by atoms with Crippen LogP contribution in [-0.4, -0.2) is 31.8 Å². The van der Waals surface area contributed by atoms with Crippen molar-refractivity contribution in [2.24, 2.45) is 4.99 Å². The quantitative estimate of drug-likeness (QED) is 0.380. The molecule has 1 aromatic carbocycles. The largest absolute Gasteiger partial charge is 0.377 e. The van der Waals surface area contributed by atoms with E-state index in [1.54, 1.807) is 7.11 Å². The lowest BCUT2D eigenvalue weighted by atomic mass is 10.1. The van der Waals surface area contributed by atoms with Crippen LogP contribution in [0, 0.1) is 0 Å². The maximum absolute atomic E-state index is 5.39. The Balaban J connectivity index is 0.00000400. The number of methoxy groups -OCH3 is 1. The van der Waals surface area contributed by atoms with Gasteiger partial charge in [-0.05, 0) is 38.5 Å². The summed E-state index contributed by atoms with van der Waals surface area (Å²) in [6.07, 6.45) is 0. The Hall–Kier alpha value is -0.340. The van der Waals surface area contributed by atoms with E-state index < -0.39 is 0 Å². The highest BCUT2D eigenvalue weighted by Gasteiger charge is 2.16. The van der Waals surface area contributed by atoms with Gasteiger partial charge in [0, 0.05) is 24.7 Å². The van der Waals surface area contributed by atoms with Crippen LogP contribution < -0.4 is 10.6 Å². The molecule has 6 heteroatoms. The molecule has 0 saturated carbocycles. The van der Waals surface area contributed by atoms with Crippen LogP contribution in [0.5, 0.6) is 0 Å². The molecule has 0 aliphatic carbocycles. The summed E-state index contributed by atoms with van der Waals surface area (Å²) in [6.45, 7) is 8.32. The van der Waals surface area contributed by atoms with Crippen LogP contribution in [0.25, 0.3) is 0 Å². The molecule has 2 N–H and O–H groups in total. The summed E-state index contributed by atoms with van der Waals surface area (Å²) in [4.78, 5) is 4.57. The fourth-order valence-electron chi connectivity index (χ4n) is 1.47. The number of guanidine groups is 1. The molecule has 4 nitrogen and oxygen atoms in total. The first-order chi connectivity index (χ1) is 9.46. The van der Waals surface area contributed by atoms with Gasteiger partial charge in [-0.15, -0.1) is 24.0 Å². The van der Waals surface area contributed by atoms with Gasteiger partial charge in [0.25, 0.3) is 0 Å². The minimum Gasteiger partial charge on any atom is -0.377 e. The monoisotopic (exact) mass is 469 g/mol. The number of hydrogen-bond acceptors (Lipinski definition) is 2. The number of benzene rings is 1. The summed E-state index contributed by atoms with van der Waals surface area (Å²) in [5.74, 6) is 0.806. The Morgan fingerprint density at radius 1 is 1.24 bits per heavy atom. The summed E-state index contributed by atoms with van der Waals surface area (Å²) in [5, 5.41) is 6.53. The minimum atomic E-state index is -0.214. The van der Waals surface area contributed by atoms with E-state index >= 15 is 0 Å². The van der Waals surface area contributed by atoms with Crippen LogP contribution in [-0.2, 0) is 11.3 Å². The topological polar surface area (TPSA) is 45.7 Å². The van der Waals surface area contributed by atoms with Gasteiger partial charge in [0.05, 0.1) is 12.1 Å². The second-order valence-electron chi connectivity index (χ2n) is 5.14. The second kappa shape index (κ2) is 10.4. The molecule has 21 heavy (non-hydrogen) atoms. The number of rotatable bonds is 6. The van der Waals surface area contributed by atoms with Gasteiger partial charge in [-0.1, -0.05) is 28.1 Å². The van der Waals surface area contributed by atoms with E-state index in [1.807, 2.05) is 26.0 Å². The van der Waals surface area contributed by atoms with Gasteiger partial charge in [-0.3, -0.25) is 0 Å². The average molecular weight is 470 g/mol. The van der Waals surface area contributed by atoms with E-state index in [-0.39, 0.29) is 29.6 Å². The fourth-order valence-corrected chi connectivity index (χ4v) is 1.73. The van der Waals surface area contributed by atoms with Gasteiger partial charge in [0.15, 0.2) is 5.96 Å². The summed E-state index contributed by atoms with van der Waals surface area (Å²) in [7, 11) is 1.72. The zero-order chi connectivity index (χ0) is 15.0. The first-order valence-electron chi connectivity index (χ1n) is 6.78. The Bertz CT molecular complexity index is 435. The normalized spacial score (nSPS) is 11.8. The third-order valence-electron chi connectivity index (χ3n) is 2.91. The van der Waals surface area contributed by atoms with Crippen molar-refractivity contribution in [3.8, 4) is 0 Å². The molecular formula is C15H25BrIN3O. The number of halogens is 2. The van der Waals surface area contributed by atoms with Crippen LogP contribution in [0.1, 0.15) is 26.3 Å². The standard InChI is InChI=1S/C15H24BrN3O.HI/c1-5-17-14(19-11-15(2,3)20-4)18-10-12-6-8-13(16)9-7-12;/h6-9H,5,10-11H2,1-4H3,(H2,17,18,19);1H. The predicted octanol–water partition coefficient (Wildman–Crippen LogP) is 3.55. The van der Waals surface area contributed by atoms with Gasteiger partial charge >= 0.3 is 0 Å². The van der Waals surface area contributed by atoms with Gasteiger partial charge in [0.2, 0.25) is 0 Å².